The van der Waals surface area contributed by atoms with Gasteiger partial charge >= 0.3 is 5.97 Å². The Labute approximate surface area is 267 Å². The number of carboxylic acids is 1. The van der Waals surface area contributed by atoms with Crippen molar-refractivity contribution in [2.24, 2.45) is 5.73 Å². The summed E-state index contributed by atoms with van der Waals surface area (Å²) in [6.07, 6.45) is 0.431. The predicted molar refractivity (Wildman–Crippen MR) is 174 cm³/mol. The Kier molecular flexibility index (Phi) is 12.0. The monoisotopic (exact) mass is 622 g/mol. The number of amides is 3. The number of aliphatic carboxylic acids is 1. The third-order valence-corrected chi connectivity index (χ3v) is 7.46. The van der Waals surface area contributed by atoms with Gasteiger partial charge in [0.2, 0.25) is 17.7 Å². The van der Waals surface area contributed by atoms with Crippen LogP contribution < -0.4 is 21.7 Å². The summed E-state index contributed by atoms with van der Waals surface area (Å²) in [5.41, 5.74) is 9.20. The van der Waals surface area contributed by atoms with Crippen LogP contribution in [0.3, 0.4) is 0 Å². The minimum Gasteiger partial charge on any atom is -0.508 e. The smallest absolute Gasteiger partial charge is 0.326 e. The number of nitrogens with two attached hydrogens (primary N) is 1. The summed E-state index contributed by atoms with van der Waals surface area (Å²) >= 11 is 0. The SMILES string of the molecule is NC(Cc1ccccc1)C(=O)NC(Cc1ccccc1)C(=O)NC(Cc1ccccc1)C(=O)NC(Cc1ccc(O)cc1)C(=O)O. The van der Waals surface area contributed by atoms with Gasteiger partial charge in [0, 0.05) is 19.3 Å². The third kappa shape index (κ3) is 10.3. The van der Waals surface area contributed by atoms with Crippen molar-refractivity contribution in [2.45, 2.75) is 49.9 Å². The summed E-state index contributed by atoms with van der Waals surface area (Å²) < 4.78 is 0. The zero-order valence-electron chi connectivity index (χ0n) is 25.2. The molecule has 4 aromatic rings. The second-order valence-electron chi connectivity index (χ2n) is 11.1. The van der Waals surface area contributed by atoms with E-state index in [2.05, 4.69) is 16.0 Å². The van der Waals surface area contributed by atoms with E-state index in [0.717, 1.165) is 16.7 Å². The van der Waals surface area contributed by atoms with Crippen LogP contribution in [-0.2, 0) is 44.9 Å². The maximum atomic E-state index is 13.8. The summed E-state index contributed by atoms with van der Waals surface area (Å²) in [5.74, 6) is -3.07. The number of benzene rings is 4. The topological polar surface area (TPSA) is 171 Å². The highest BCUT2D eigenvalue weighted by molar-refractivity contribution is 5.94. The van der Waals surface area contributed by atoms with Crippen LogP contribution in [0.15, 0.2) is 115 Å². The molecule has 0 aliphatic heterocycles. The predicted octanol–water partition coefficient (Wildman–Crippen LogP) is 2.53. The molecule has 3 amide bonds. The first kappa shape index (κ1) is 33.4. The van der Waals surface area contributed by atoms with Crippen LogP contribution in [0.1, 0.15) is 22.3 Å². The highest BCUT2D eigenvalue weighted by Gasteiger charge is 2.31. The molecular formula is C36H38N4O6. The van der Waals surface area contributed by atoms with E-state index in [1.165, 1.54) is 12.1 Å². The van der Waals surface area contributed by atoms with Crippen LogP contribution in [-0.4, -0.2) is 58.1 Å². The number of hydrogen-bond acceptors (Lipinski definition) is 6. The number of phenolic OH excluding ortho intramolecular Hbond substituents is 1. The molecule has 0 aromatic heterocycles. The number of carboxylic acid groups (broad SMARTS) is 1. The van der Waals surface area contributed by atoms with E-state index < -0.39 is 47.9 Å². The van der Waals surface area contributed by atoms with Gasteiger partial charge in [0.15, 0.2) is 0 Å². The average Bonchev–Trinajstić information content (AvgIpc) is 3.06. The van der Waals surface area contributed by atoms with E-state index in [1.807, 2.05) is 66.7 Å². The number of nitrogens with one attached hydrogen (secondary N) is 3. The number of phenols is 1. The molecule has 4 unspecified atom stereocenters. The van der Waals surface area contributed by atoms with Crippen LogP contribution in [0, 0.1) is 0 Å². The molecule has 0 aliphatic carbocycles. The zero-order chi connectivity index (χ0) is 32.9. The van der Waals surface area contributed by atoms with Crippen LogP contribution in [0.2, 0.25) is 0 Å². The van der Waals surface area contributed by atoms with E-state index in [4.69, 9.17) is 5.73 Å². The van der Waals surface area contributed by atoms with Gasteiger partial charge in [-0.25, -0.2) is 4.79 Å². The largest absolute Gasteiger partial charge is 0.508 e. The van der Waals surface area contributed by atoms with Gasteiger partial charge in [-0.05, 0) is 40.8 Å². The molecule has 0 saturated heterocycles. The molecule has 0 saturated carbocycles. The molecule has 0 heterocycles. The Morgan fingerprint density at radius 1 is 0.500 bits per heavy atom. The number of carbonyl (C=O) groups is 4. The highest BCUT2D eigenvalue weighted by Crippen LogP contribution is 2.13. The summed E-state index contributed by atoms with van der Waals surface area (Å²) in [6, 6.07) is 29.0. The Bertz CT molecular complexity index is 1580. The van der Waals surface area contributed by atoms with Gasteiger partial charge in [-0.2, -0.15) is 0 Å². The first-order valence-electron chi connectivity index (χ1n) is 15.0. The van der Waals surface area contributed by atoms with Gasteiger partial charge < -0.3 is 31.9 Å². The van der Waals surface area contributed by atoms with Crippen molar-refractivity contribution >= 4 is 23.7 Å². The van der Waals surface area contributed by atoms with Crippen LogP contribution in [0.5, 0.6) is 5.75 Å². The normalized spacial score (nSPS) is 13.4. The van der Waals surface area contributed by atoms with Crippen molar-refractivity contribution in [3.8, 4) is 5.75 Å². The molecule has 4 aromatic carbocycles. The van der Waals surface area contributed by atoms with Crippen molar-refractivity contribution < 1.29 is 29.4 Å². The van der Waals surface area contributed by atoms with Gasteiger partial charge in [-0.15, -0.1) is 0 Å². The van der Waals surface area contributed by atoms with Crippen molar-refractivity contribution in [2.75, 3.05) is 0 Å². The molecular weight excluding hydrogens is 584 g/mol. The molecule has 46 heavy (non-hydrogen) atoms. The molecule has 238 valence electrons. The fraction of sp³-hybridized carbons (Fsp3) is 0.222. The van der Waals surface area contributed by atoms with Gasteiger partial charge in [-0.1, -0.05) is 103 Å². The Hall–Kier alpha value is -5.48. The van der Waals surface area contributed by atoms with Crippen molar-refractivity contribution in [3.05, 3.63) is 138 Å². The van der Waals surface area contributed by atoms with Crippen molar-refractivity contribution in [1.29, 1.82) is 0 Å². The van der Waals surface area contributed by atoms with Crippen LogP contribution in [0.4, 0.5) is 0 Å². The molecule has 10 nitrogen and oxygen atoms in total. The minimum atomic E-state index is -1.30. The van der Waals surface area contributed by atoms with Gasteiger partial charge in [0.05, 0.1) is 6.04 Å². The number of hydrogen-bond donors (Lipinski definition) is 6. The summed E-state index contributed by atoms with van der Waals surface area (Å²) in [4.78, 5) is 52.8. The lowest BCUT2D eigenvalue weighted by molar-refractivity contribution is -0.142. The lowest BCUT2D eigenvalue weighted by Crippen LogP contribution is -2.58. The Balaban J connectivity index is 1.53. The lowest BCUT2D eigenvalue weighted by atomic mass is 10.0. The second kappa shape index (κ2) is 16.6. The van der Waals surface area contributed by atoms with E-state index in [9.17, 15) is 29.4 Å². The fourth-order valence-corrected chi connectivity index (χ4v) is 4.97. The van der Waals surface area contributed by atoms with E-state index in [-0.39, 0.29) is 31.4 Å². The van der Waals surface area contributed by atoms with E-state index >= 15 is 0 Å². The fourth-order valence-electron chi connectivity index (χ4n) is 4.97. The number of rotatable bonds is 15. The summed E-state index contributed by atoms with van der Waals surface area (Å²) in [7, 11) is 0. The summed E-state index contributed by atoms with van der Waals surface area (Å²) in [5, 5.41) is 27.5. The average molecular weight is 623 g/mol. The maximum Gasteiger partial charge on any atom is 0.326 e. The molecule has 0 bridgehead atoms. The third-order valence-electron chi connectivity index (χ3n) is 7.46. The maximum absolute atomic E-state index is 13.8. The Morgan fingerprint density at radius 3 is 1.28 bits per heavy atom. The molecule has 7 N–H and O–H groups in total. The first-order valence-corrected chi connectivity index (χ1v) is 15.0. The molecule has 10 heteroatoms. The molecule has 0 radical (unpaired) electrons. The first-order chi connectivity index (χ1) is 22.2. The highest BCUT2D eigenvalue weighted by atomic mass is 16.4. The molecule has 0 aliphatic rings. The van der Waals surface area contributed by atoms with Gasteiger partial charge in [0.1, 0.15) is 23.9 Å². The standard InChI is InChI=1S/C36H38N4O6/c37-29(20-24-10-4-1-5-11-24)33(42)38-30(21-25-12-6-2-7-13-25)34(43)39-31(22-26-14-8-3-9-15-26)35(44)40-32(36(45)46)23-27-16-18-28(41)19-17-27/h1-19,29-32,41H,20-23,37H2,(H,38,42)(H,39,43)(H,40,44)(H,45,46). The molecule has 4 rings (SSSR count). The Morgan fingerprint density at radius 2 is 0.848 bits per heavy atom. The molecule has 0 spiro atoms. The molecule has 4 atom stereocenters. The quantitative estimate of drug-likeness (QED) is 0.118. The van der Waals surface area contributed by atoms with E-state index in [0.29, 0.717) is 5.56 Å². The second-order valence-corrected chi connectivity index (χ2v) is 11.1. The summed E-state index contributed by atoms with van der Waals surface area (Å²) in [6.45, 7) is 0. The lowest BCUT2D eigenvalue weighted by Gasteiger charge is -2.25. The van der Waals surface area contributed by atoms with Crippen molar-refractivity contribution in [1.82, 2.24) is 16.0 Å². The van der Waals surface area contributed by atoms with Crippen LogP contribution in [0.25, 0.3) is 0 Å². The number of aromatic hydroxyl groups is 1. The minimum absolute atomic E-state index is 0.0310. The van der Waals surface area contributed by atoms with Crippen molar-refractivity contribution in [3.63, 3.8) is 0 Å². The van der Waals surface area contributed by atoms with E-state index in [1.54, 1.807) is 36.4 Å². The zero-order valence-corrected chi connectivity index (χ0v) is 25.2. The molecule has 0 fully saturated rings. The number of carbonyl (C=O) groups excluding carboxylic acids is 3. The van der Waals surface area contributed by atoms with Gasteiger partial charge in [0.25, 0.3) is 0 Å². The van der Waals surface area contributed by atoms with Crippen LogP contribution >= 0.6 is 0 Å². The van der Waals surface area contributed by atoms with Gasteiger partial charge in [-0.3, -0.25) is 14.4 Å².